The SMILES string of the molecule is CCN(CC)C(=NC)NN. The van der Waals surface area contributed by atoms with Gasteiger partial charge >= 0.3 is 0 Å². The van der Waals surface area contributed by atoms with Crippen LogP contribution in [-0.2, 0) is 0 Å². The van der Waals surface area contributed by atoms with Gasteiger partial charge in [-0.3, -0.25) is 10.4 Å². The fraction of sp³-hybridized carbons (Fsp3) is 0.833. The third kappa shape index (κ3) is 2.23. The zero-order chi connectivity index (χ0) is 7.98. The van der Waals surface area contributed by atoms with Gasteiger partial charge in [-0.2, -0.15) is 0 Å². The number of hydrazine groups is 1. The number of hydrogen-bond acceptors (Lipinski definition) is 2. The number of nitrogens with one attached hydrogen (secondary N) is 1. The van der Waals surface area contributed by atoms with Crippen molar-refractivity contribution in [1.29, 1.82) is 0 Å². The summed E-state index contributed by atoms with van der Waals surface area (Å²) in [5.41, 5.74) is 2.53. The Morgan fingerprint density at radius 2 is 2.00 bits per heavy atom. The van der Waals surface area contributed by atoms with Gasteiger partial charge in [-0.25, -0.2) is 5.84 Å². The van der Waals surface area contributed by atoms with Crippen molar-refractivity contribution in [3.63, 3.8) is 0 Å². The number of guanidine groups is 1. The molecule has 0 aliphatic carbocycles. The van der Waals surface area contributed by atoms with E-state index in [1.807, 2.05) is 4.90 Å². The summed E-state index contributed by atoms with van der Waals surface area (Å²) in [6.07, 6.45) is 0. The van der Waals surface area contributed by atoms with E-state index in [1.165, 1.54) is 0 Å². The minimum atomic E-state index is 0.741. The minimum Gasteiger partial charge on any atom is -0.342 e. The van der Waals surface area contributed by atoms with Crippen LogP contribution in [0.5, 0.6) is 0 Å². The third-order valence-electron chi connectivity index (χ3n) is 1.40. The summed E-state index contributed by atoms with van der Waals surface area (Å²) in [6.45, 7) is 5.97. The molecule has 0 bridgehead atoms. The van der Waals surface area contributed by atoms with Crippen molar-refractivity contribution in [2.75, 3.05) is 20.1 Å². The lowest BCUT2D eigenvalue weighted by atomic mass is 10.5. The lowest BCUT2D eigenvalue weighted by molar-refractivity contribution is 0.447. The first-order chi connectivity index (χ1) is 4.79. The van der Waals surface area contributed by atoms with E-state index in [9.17, 15) is 0 Å². The van der Waals surface area contributed by atoms with Crippen molar-refractivity contribution in [2.24, 2.45) is 10.8 Å². The van der Waals surface area contributed by atoms with Gasteiger partial charge in [0.15, 0.2) is 0 Å². The van der Waals surface area contributed by atoms with Gasteiger partial charge in [-0.15, -0.1) is 0 Å². The number of nitrogens with zero attached hydrogens (tertiary/aromatic N) is 2. The zero-order valence-corrected chi connectivity index (χ0v) is 6.89. The molecule has 0 amide bonds. The highest BCUT2D eigenvalue weighted by atomic mass is 15.4. The largest absolute Gasteiger partial charge is 0.342 e. The maximum absolute atomic E-state index is 5.21. The van der Waals surface area contributed by atoms with E-state index >= 15 is 0 Å². The second-order valence-electron chi connectivity index (χ2n) is 1.86. The van der Waals surface area contributed by atoms with E-state index in [0.29, 0.717) is 0 Å². The second kappa shape index (κ2) is 5.05. The molecule has 0 unspecified atom stereocenters. The lowest BCUT2D eigenvalue weighted by Crippen LogP contribution is -2.44. The predicted molar refractivity (Wildman–Crippen MR) is 43.6 cm³/mol. The van der Waals surface area contributed by atoms with Crippen LogP contribution >= 0.6 is 0 Å². The fourth-order valence-corrected chi connectivity index (χ4v) is 0.820. The van der Waals surface area contributed by atoms with Gasteiger partial charge < -0.3 is 4.90 Å². The van der Waals surface area contributed by atoms with Crippen LogP contribution < -0.4 is 11.3 Å². The average molecular weight is 144 g/mol. The Kier molecular flexibility index (Phi) is 4.66. The molecular formula is C6H16N4. The minimum absolute atomic E-state index is 0.741. The Labute approximate surface area is 62.1 Å². The van der Waals surface area contributed by atoms with Gasteiger partial charge in [0.1, 0.15) is 0 Å². The topological polar surface area (TPSA) is 53.6 Å². The first-order valence-corrected chi connectivity index (χ1v) is 3.48. The van der Waals surface area contributed by atoms with E-state index in [0.717, 1.165) is 19.0 Å². The first-order valence-electron chi connectivity index (χ1n) is 3.48. The van der Waals surface area contributed by atoms with Gasteiger partial charge in [0.05, 0.1) is 0 Å². The molecule has 0 saturated heterocycles. The molecule has 0 aromatic carbocycles. The molecule has 0 radical (unpaired) electrons. The molecule has 0 fully saturated rings. The molecule has 0 aromatic heterocycles. The van der Waals surface area contributed by atoms with Gasteiger partial charge in [0.2, 0.25) is 5.96 Å². The van der Waals surface area contributed by atoms with Gasteiger partial charge in [0, 0.05) is 20.1 Å². The number of hydrogen-bond donors (Lipinski definition) is 2. The Morgan fingerprint density at radius 1 is 1.50 bits per heavy atom. The smallest absolute Gasteiger partial charge is 0.208 e. The standard InChI is InChI=1S/C6H16N4/c1-4-10(5-2)6(8-3)9-7/h4-5,7H2,1-3H3,(H,8,9). The van der Waals surface area contributed by atoms with Crippen LogP contribution in [0.2, 0.25) is 0 Å². The number of aliphatic imine (C=N–C) groups is 1. The molecule has 10 heavy (non-hydrogen) atoms. The van der Waals surface area contributed by atoms with Gasteiger partial charge in [-0.1, -0.05) is 0 Å². The summed E-state index contributed by atoms with van der Waals surface area (Å²) in [4.78, 5) is 6.00. The molecule has 4 nitrogen and oxygen atoms in total. The fourth-order valence-electron chi connectivity index (χ4n) is 0.820. The molecule has 3 N–H and O–H groups in total. The molecule has 0 aliphatic heterocycles. The molecule has 0 atom stereocenters. The Morgan fingerprint density at radius 3 is 2.10 bits per heavy atom. The summed E-state index contributed by atoms with van der Waals surface area (Å²) in [7, 11) is 1.72. The van der Waals surface area contributed by atoms with Gasteiger partial charge in [0.25, 0.3) is 0 Å². The van der Waals surface area contributed by atoms with Crippen molar-refractivity contribution in [2.45, 2.75) is 13.8 Å². The molecular weight excluding hydrogens is 128 g/mol. The normalized spacial score (nSPS) is 11.4. The average Bonchev–Trinajstić information content (AvgIpc) is 2.00. The molecule has 60 valence electrons. The van der Waals surface area contributed by atoms with Crippen LogP contribution in [-0.4, -0.2) is 31.0 Å². The van der Waals surface area contributed by atoms with Crippen molar-refractivity contribution < 1.29 is 0 Å². The number of rotatable bonds is 2. The van der Waals surface area contributed by atoms with Crippen LogP contribution in [0.15, 0.2) is 4.99 Å². The molecule has 0 rings (SSSR count). The van der Waals surface area contributed by atoms with Crippen LogP contribution in [0.3, 0.4) is 0 Å². The first kappa shape index (κ1) is 9.23. The molecule has 0 saturated carbocycles. The quantitative estimate of drug-likeness (QED) is 0.244. The lowest BCUT2D eigenvalue weighted by Gasteiger charge is -2.21. The van der Waals surface area contributed by atoms with E-state index in [1.54, 1.807) is 7.05 Å². The highest BCUT2D eigenvalue weighted by Crippen LogP contribution is 1.85. The highest BCUT2D eigenvalue weighted by molar-refractivity contribution is 5.79. The maximum atomic E-state index is 5.21. The maximum Gasteiger partial charge on any atom is 0.208 e. The molecule has 0 aliphatic rings. The summed E-state index contributed by atoms with van der Waals surface area (Å²) in [6, 6.07) is 0. The third-order valence-corrected chi connectivity index (χ3v) is 1.40. The monoisotopic (exact) mass is 144 g/mol. The van der Waals surface area contributed by atoms with Crippen molar-refractivity contribution in [1.82, 2.24) is 10.3 Å². The summed E-state index contributed by atoms with van der Waals surface area (Å²) >= 11 is 0. The highest BCUT2D eigenvalue weighted by Gasteiger charge is 2.01. The van der Waals surface area contributed by atoms with Gasteiger partial charge in [-0.05, 0) is 13.8 Å². The van der Waals surface area contributed by atoms with E-state index in [2.05, 4.69) is 24.3 Å². The Hall–Kier alpha value is -0.770. The predicted octanol–water partition coefficient (Wildman–Crippen LogP) is -0.223. The zero-order valence-electron chi connectivity index (χ0n) is 6.89. The van der Waals surface area contributed by atoms with Crippen LogP contribution in [0, 0.1) is 0 Å². The van der Waals surface area contributed by atoms with E-state index in [4.69, 9.17) is 5.84 Å². The van der Waals surface area contributed by atoms with E-state index < -0.39 is 0 Å². The Bertz CT molecular complexity index is 106. The molecule has 0 spiro atoms. The van der Waals surface area contributed by atoms with Crippen LogP contribution in [0.1, 0.15) is 13.8 Å². The van der Waals surface area contributed by atoms with Crippen molar-refractivity contribution in [3.8, 4) is 0 Å². The number of nitrogens with two attached hydrogens (primary N) is 1. The second-order valence-corrected chi connectivity index (χ2v) is 1.86. The molecule has 0 heterocycles. The summed E-state index contributed by atoms with van der Waals surface area (Å²) < 4.78 is 0. The van der Waals surface area contributed by atoms with Crippen LogP contribution in [0.4, 0.5) is 0 Å². The van der Waals surface area contributed by atoms with Crippen molar-refractivity contribution >= 4 is 5.96 Å². The van der Waals surface area contributed by atoms with Crippen molar-refractivity contribution in [3.05, 3.63) is 0 Å². The molecule has 0 aromatic rings. The summed E-state index contributed by atoms with van der Waals surface area (Å²) in [5.74, 6) is 5.95. The molecule has 4 heteroatoms. The Balaban J connectivity index is 3.97. The summed E-state index contributed by atoms with van der Waals surface area (Å²) in [5, 5.41) is 0. The van der Waals surface area contributed by atoms with Crippen LogP contribution in [0.25, 0.3) is 0 Å². The van der Waals surface area contributed by atoms with E-state index in [-0.39, 0.29) is 0 Å².